The van der Waals surface area contributed by atoms with Crippen LogP contribution in [0.4, 0.5) is 0 Å². The van der Waals surface area contributed by atoms with Gasteiger partial charge in [0, 0.05) is 18.8 Å². The number of aliphatic hydroxyl groups is 1. The van der Waals surface area contributed by atoms with Crippen molar-refractivity contribution in [3.05, 3.63) is 82.6 Å². The lowest BCUT2D eigenvalue weighted by Gasteiger charge is -2.25. The monoisotopic (exact) mass is 328 g/mol. The first-order chi connectivity index (χ1) is 11.5. The predicted molar refractivity (Wildman–Crippen MR) is 84.4 cm³/mol. The normalized spacial score (nSPS) is 13.4. The molecule has 0 saturated heterocycles. The van der Waals surface area contributed by atoms with Gasteiger partial charge in [0.2, 0.25) is 0 Å². The van der Waals surface area contributed by atoms with Crippen molar-refractivity contribution < 1.29 is 18.7 Å². The van der Waals surface area contributed by atoms with Gasteiger partial charge in [-0.15, -0.1) is 0 Å². The van der Waals surface area contributed by atoms with Crippen LogP contribution in [0.25, 0.3) is 0 Å². The number of rotatable bonds is 5. The van der Waals surface area contributed by atoms with Gasteiger partial charge in [-0.25, -0.2) is 0 Å². The fraction of sp³-hybridized carbons (Fsp3) is 0.176. The number of nitrogens with zero attached hydrogens (tertiary/aromatic N) is 1. The van der Waals surface area contributed by atoms with E-state index in [0.29, 0.717) is 5.56 Å². The second-order valence-electron chi connectivity index (χ2n) is 5.37. The molecule has 24 heavy (non-hydrogen) atoms. The molecule has 7 heteroatoms. The first-order valence-electron chi connectivity index (χ1n) is 7.25. The lowest BCUT2D eigenvalue weighted by molar-refractivity contribution is 0.0519. The molecule has 3 heterocycles. The summed E-state index contributed by atoms with van der Waals surface area (Å²) in [4.78, 5) is 24.3. The van der Waals surface area contributed by atoms with Crippen LogP contribution in [0.1, 0.15) is 21.7 Å². The molecular formula is C17H16N2O5. The third-order valence-electron chi connectivity index (χ3n) is 3.80. The van der Waals surface area contributed by atoms with Crippen LogP contribution in [0, 0.1) is 0 Å². The first kappa shape index (κ1) is 15.8. The zero-order chi connectivity index (χ0) is 17.2. The highest BCUT2D eigenvalue weighted by Gasteiger charge is 2.36. The van der Waals surface area contributed by atoms with E-state index in [4.69, 9.17) is 8.83 Å². The van der Waals surface area contributed by atoms with Crippen molar-refractivity contribution in [2.45, 2.75) is 5.60 Å². The minimum atomic E-state index is -1.60. The van der Waals surface area contributed by atoms with Crippen molar-refractivity contribution in [2.75, 3.05) is 6.54 Å². The Kier molecular flexibility index (Phi) is 4.09. The highest BCUT2D eigenvalue weighted by Crippen LogP contribution is 2.29. The van der Waals surface area contributed by atoms with Gasteiger partial charge < -0.3 is 23.8 Å². The molecule has 0 bridgehead atoms. The molecule has 0 aliphatic heterocycles. The number of nitrogens with one attached hydrogen (secondary N) is 1. The average molecular weight is 328 g/mol. The zero-order valence-corrected chi connectivity index (χ0v) is 12.9. The van der Waals surface area contributed by atoms with Crippen molar-refractivity contribution in [3.8, 4) is 0 Å². The molecule has 0 aliphatic rings. The van der Waals surface area contributed by atoms with Crippen molar-refractivity contribution in [1.82, 2.24) is 9.88 Å². The lowest BCUT2D eigenvalue weighted by atomic mass is 9.93. The molecule has 0 saturated carbocycles. The van der Waals surface area contributed by atoms with Crippen LogP contribution in [0.5, 0.6) is 0 Å². The van der Waals surface area contributed by atoms with Crippen molar-refractivity contribution in [1.29, 1.82) is 0 Å². The Bertz CT molecular complexity index is 844. The molecule has 0 spiro atoms. The molecule has 1 atom stereocenters. The Hall–Kier alpha value is -3.06. The van der Waals surface area contributed by atoms with Gasteiger partial charge in [0.05, 0.1) is 25.3 Å². The number of carbonyl (C=O) groups excluding carboxylic acids is 1. The van der Waals surface area contributed by atoms with Crippen LogP contribution < -0.4 is 10.9 Å². The molecule has 1 amide bonds. The molecule has 0 unspecified atom stereocenters. The SMILES string of the molecule is Cn1cccc(C(=O)NC[C@@](O)(c2ccoc2)c2ccco2)c1=O. The molecule has 7 nitrogen and oxygen atoms in total. The van der Waals surface area contributed by atoms with Crippen LogP contribution in [-0.4, -0.2) is 22.1 Å². The summed E-state index contributed by atoms with van der Waals surface area (Å²) in [6.45, 7) is -0.184. The van der Waals surface area contributed by atoms with Gasteiger partial charge in [-0.3, -0.25) is 9.59 Å². The van der Waals surface area contributed by atoms with Gasteiger partial charge >= 0.3 is 0 Å². The van der Waals surface area contributed by atoms with Gasteiger partial charge in [-0.1, -0.05) is 0 Å². The second kappa shape index (κ2) is 6.21. The van der Waals surface area contributed by atoms with Crippen LogP contribution in [0.2, 0.25) is 0 Å². The number of carbonyl (C=O) groups is 1. The Balaban J connectivity index is 1.86. The first-order valence-corrected chi connectivity index (χ1v) is 7.25. The van der Waals surface area contributed by atoms with Gasteiger partial charge in [0.25, 0.3) is 11.5 Å². The molecule has 0 aromatic carbocycles. The summed E-state index contributed by atoms with van der Waals surface area (Å²) in [5.74, 6) is -0.324. The minimum Gasteiger partial charge on any atom is -0.472 e. The van der Waals surface area contributed by atoms with Crippen molar-refractivity contribution >= 4 is 5.91 Å². The molecule has 3 aromatic rings. The van der Waals surface area contributed by atoms with Gasteiger partial charge in [0.1, 0.15) is 11.3 Å². The summed E-state index contributed by atoms with van der Waals surface area (Å²) in [7, 11) is 1.56. The molecule has 0 fully saturated rings. The number of pyridine rings is 1. The third-order valence-corrected chi connectivity index (χ3v) is 3.80. The fourth-order valence-electron chi connectivity index (χ4n) is 2.42. The molecule has 124 valence electrons. The number of amides is 1. The Morgan fingerprint density at radius 3 is 2.79 bits per heavy atom. The number of aromatic nitrogens is 1. The van der Waals surface area contributed by atoms with E-state index in [1.54, 1.807) is 37.5 Å². The maximum atomic E-state index is 12.3. The molecule has 0 radical (unpaired) electrons. The number of hydrogen-bond acceptors (Lipinski definition) is 5. The molecule has 2 N–H and O–H groups in total. The lowest BCUT2D eigenvalue weighted by Crippen LogP contribution is -2.42. The van der Waals surface area contributed by atoms with E-state index >= 15 is 0 Å². The smallest absolute Gasteiger partial charge is 0.263 e. The summed E-state index contributed by atoms with van der Waals surface area (Å²) < 4.78 is 11.6. The topological polar surface area (TPSA) is 97.6 Å². The van der Waals surface area contributed by atoms with E-state index in [1.807, 2.05) is 0 Å². The summed E-state index contributed by atoms with van der Waals surface area (Å²) >= 11 is 0. The minimum absolute atomic E-state index is 0.00557. The van der Waals surface area contributed by atoms with E-state index in [1.165, 1.54) is 29.4 Å². The zero-order valence-electron chi connectivity index (χ0n) is 12.9. The standard InChI is InChI=1S/C17H16N2O5/c1-19-7-2-4-13(16(19)21)15(20)18-11-17(22,12-6-9-23-10-12)14-5-3-8-24-14/h2-10,22H,11H2,1H3,(H,18,20)/t17-/m1/s1. The maximum Gasteiger partial charge on any atom is 0.263 e. The molecule has 0 aliphatic carbocycles. The summed E-state index contributed by atoms with van der Waals surface area (Å²) in [5, 5.41) is 13.6. The summed E-state index contributed by atoms with van der Waals surface area (Å²) in [6.07, 6.45) is 5.77. The van der Waals surface area contributed by atoms with E-state index in [9.17, 15) is 14.7 Å². The molecule has 3 rings (SSSR count). The van der Waals surface area contributed by atoms with Gasteiger partial charge in [0.15, 0.2) is 5.60 Å². The largest absolute Gasteiger partial charge is 0.472 e. The predicted octanol–water partition coefficient (Wildman–Crippen LogP) is 1.24. The molecular weight excluding hydrogens is 312 g/mol. The second-order valence-corrected chi connectivity index (χ2v) is 5.37. The fourth-order valence-corrected chi connectivity index (χ4v) is 2.42. The Labute approximate surface area is 137 Å². The van der Waals surface area contributed by atoms with Gasteiger partial charge in [-0.05, 0) is 30.3 Å². The highest BCUT2D eigenvalue weighted by atomic mass is 16.4. The van der Waals surface area contributed by atoms with E-state index in [2.05, 4.69) is 5.32 Å². The number of aryl methyl sites for hydroxylation is 1. The quantitative estimate of drug-likeness (QED) is 0.734. The average Bonchev–Trinajstić information content (AvgIpc) is 3.28. The third kappa shape index (κ3) is 2.77. The summed E-state index contributed by atoms with van der Waals surface area (Å²) in [5.41, 5.74) is -1.60. The maximum absolute atomic E-state index is 12.3. The van der Waals surface area contributed by atoms with E-state index < -0.39 is 17.1 Å². The Morgan fingerprint density at radius 1 is 1.29 bits per heavy atom. The van der Waals surface area contributed by atoms with E-state index in [0.717, 1.165) is 0 Å². The highest BCUT2D eigenvalue weighted by molar-refractivity contribution is 5.93. The Morgan fingerprint density at radius 2 is 2.12 bits per heavy atom. The number of hydrogen-bond donors (Lipinski definition) is 2. The molecule has 3 aromatic heterocycles. The van der Waals surface area contributed by atoms with Crippen LogP contribution in [0.15, 0.2) is 68.9 Å². The van der Waals surface area contributed by atoms with Crippen LogP contribution >= 0.6 is 0 Å². The van der Waals surface area contributed by atoms with Crippen LogP contribution in [0.3, 0.4) is 0 Å². The van der Waals surface area contributed by atoms with Crippen molar-refractivity contribution in [3.63, 3.8) is 0 Å². The van der Waals surface area contributed by atoms with E-state index in [-0.39, 0.29) is 17.9 Å². The number of furan rings is 2. The van der Waals surface area contributed by atoms with Gasteiger partial charge in [-0.2, -0.15) is 0 Å². The summed E-state index contributed by atoms with van der Waals surface area (Å²) in [6, 6.07) is 7.85. The van der Waals surface area contributed by atoms with Crippen molar-refractivity contribution in [2.24, 2.45) is 7.05 Å². The van der Waals surface area contributed by atoms with Crippen LogP contribution in [-0.2, 0) is 12.6 Å².